The summed E-state index contributed by atoms with van der Waals surface area (Å²) in [5.74, 6) is 1.55. The van der Waals surface area contributed by atoms with Gasteiger partial charge in [-0.3, -0.25) is 10.1 Å². The highest BCUT2D eigenvalue weighted by Gasteiger charge is 2.06. The average molecular weight is 364 g/mol. The number of methoxy groups -OCH3 is 1. The van der Waals surface area contributed by atoms with Crippen LogP contribution in [0.4, 0.5) is 22.0 Å². The van der Waals surface area contributed by atoms with Crippen LogP contribution in [0.5, 0.6) is 5.88 Å². The van der Waals surface area contributed by atoms with Crippen molar-refractivity contribution in [3.63, 3.8) is 0 Å². The van der Waals surface area contributed by atoms with Crippen LogP contribution >= 0.6 is 11.6 Å². The van der Waals surface area contributed by atoms with Gasteiger partial charge in [0, 0.05) is 30.8 Å². The molecule has 3 heterocycles. The third-order valence-electron chi connectivity index (χ3n) is 3.17. The minimum absolute atomic E-state index is 0.284. The fraction of sp³-hybridized carbons (Fsp3) is 0.200. The summed E-state index contributed by atoms with van der Waals surface area (Å²) in [5.41, 5.74) is 0.763. The third-order valence-corrected chi connectivity index (χ3v) is 3.37. The highest BCUT2D eigenvalue weighted by Crippen LogP contribution is 2.20. The Balaban J connectivity index is 1.61. The largest absolute Gasteiger partial charge is 0.480 e. The molecule has 0 spiro atoms. The quantitative estimate of drug-likeness (QED) is 0.555. The zero-order valence-corrected chi connectivity index (χ0v) is 14.0. The van der Waals surface area contributed by atoms with E-state index in [0.717, 1.165) is 5.69 Å². The maximum absolute atomic E-state index is 12.8. The second-order valence-electron chi connectivity index (χ2n) is 4.99. The van der Waals surface area contributed by atoms with Gasteiger partial charge < -0.3 is 15.4 Å². The van der Waals surface area contributed by atoms with E-state index < -0.39 is 0 Å². The molecule has 10 heteroatoms. The lowest BCUT2D eigenvalue weighted by atomic mass is 10.3. The SMILES string of the molecule is COc1cc(Nc2cc(Cl)nc(NCCc3ccc(F)cn3)n2)[nH]n1. The summed E-state index contributed by atoms with van der Waals surface area (Å²) in [7, 11) is 1.53. The minimum atomic E-state index is -0.360. The summed E-state index contributed by atoms with van der Waals surface area (Å²) in [6, 6.07) is 6.28. The highest BCUT2D eigenvalue weighted by molar-refractivity contribution is 6.29. The Morgan fingerprint density at radius 2 is 2.16 bits per heavy atom. The smallest absolute Gasteiger partial charge is 0.234 e. The molecule has 3 aromatic rings. The molecule has 0 aliphatic heterocycles. The molecular weight excluding hydrogens is 349 g/mol. The first-order valence-electron chi connectivity index (χ1n) is 7.37. The van der Waals surface area contributed by atoms with E-state index in [2.05, 4.69) is 35.8 Å². The lowest BCUT2D eigenvalue weighted by Gasteiger charge is -2.08. The van der Waals surface area contributed by atoms with Crippen LogP contribution in [0.3, 0.4) is 0 Å². The molecule has 8 nitrogen and oxygen atoms in total. The lowest BCUT2D eigenvalue weighted by Crippen LogP contribution is -2.10. The van der Waals surface area contributed by atoms with Gasteiger partial charge >= 0.3 is 0 Å². The van der Waals surface area contributed by atoms with Crippen molar-refractivity contribution >= 4 is 29.2 Å². The normalized spacial score (nSPS) is 10.5. The Hall–Kier alpha value is -2.94. The zero-order valence-electron chi connectivity index (χ0n) is 13.3. The van der Waals surface area contributed by atoms with Crippen molar-refractivity contribution in [3.8, 4) is 5.88 Å². The number of ether oxygens (including phenoxy) is 1. The minimum Gasteiger partial charge on any atom is -0.480 e. The maximum Gasteiger partial charge on any atom is 0.234 e. The van der Waals surface area contributed by atoms with Gasteiger partial charge in [-0.25, -0.2) is 9.37 Å². The summed E-state index contributed by atoms with van der Waals surface area (Å²) < 4.78 is 17.8. The van der Waals surface area contributed by atoms with Gasteiger partial charge in [0.2, 0.25) is 11.8 Å². The first kappa shape index (κ1) is 16.9. The van der Waals surface area contributed by atoms with E-state index in [-0.39, 0.29) is 11.0 Å². The van der Waals surface area contributed by atoms with E-state index in [1.165, 1.54) is 19.4 Å². The molecule has 0 fully saturated rings. The summed E-state index contributed by atoms with van der Waals surface area (Å²) in [5, 5.41) is 13.1. The Bertz CT molecular complexity index is 840. The van der Waals surface area contributed by atoms with Crippen molar-refractivity contribution in [3.05, 3.63) is 47.1 Å². The molecular formula is C15H15ClFN7O. The Labute approximate surface area is 147 Å². The van der Waals surface area contributed by atoms with Crippen LogP contribution in [-0.2, 0) is 6.42 Å². The highest BCUT2D eigenvalue weighted by atomic mass is 35.5. The number of halogens is 2. The number of pyridine rings is 1. The molecule has 25 heavy (non-hydrogen) atoms. The zero-order chi connectivity index (χ0) is 17.6. The van der Waals surface area contributed by atoms with Crippen LogP contribution in [0.2, 0.25) is 5.15 Å². The molecule has 0 radical (unpaired) electrons. The molecule has 3 N–H and O–H groups in total. The fourth-order valence-corrected chi connectivity index (χ4v) is 2.21. The number of nitrogens with zero attached hydrogens (tertiary/aromatic N) is 4. The van der Waals surface area contributed by atoms with E-state index >= 15 is 0 Å². The van der Waals surface area contributed by atoms with Crippen molar-refractivity contribution in [2.24, 2.45) is 0 Å². The molecule has 130 valence electrons. The number of aromatic amines is 1. The van der Waals surface area contributed by atoms with E-state index in [1.54, 1.807) is 18.2 Å². The van der Waals surface area contributed by atoms with Crippen LogP contribution < -0.4 is 15.4 Å². The maximum atomic E-state index is 12.8. The van der Waals surface area contributed by atoms with Gasteiger partial charge in [-0.05, 0) is 12.1 Å². The predicted octanol–water partition coefficient (Wildman–Crippen LogP) is 2.79. The van der Waals surface area contributed by atoms with Crippen LogP contribution in [0.1, 0.15) is 5.69 Å². The summed E-state index contributed by atoms with van der Waals surface area (Å²) in [6.45, 7) is 0.524. The number of H-pyrrole nitrogens is 1. The molecule has 0 saturated carbocycles. The molecule has 3 rings (SSSR count). The van der Waals surface area contributed by atoms with Gasteiger partial charge in [0.1, 0.15) is 22.6 Å². The fourth-order valence-electron chi connectivity index (χ4n) is 2.03. The van der Waals surface area contributed by atoms with Gasteiger partial charge in [0.25, 0.3) is 0 Å². The Morgan fingerprint density at radius 1 is 1.28 bits per heavy atom. The predicted molar refractivity (Wildman–Crippen MR) is 91.9 cm³/mol. The van der Waals surface area contributed by atoms with Gasteiger partial charge in [-0.2, -0.15) is 4.98 Å². The monoisotopic (exact) mass is 363 g/mol. The van der Waals surface area contributed by atoms with Gasteiger partial charge in [-0.1, -0.05) is 11.6 Å². The molecule has 0 unspecified atom stereocenters. The number of aromatic nitrogens is 5. The van der Waals surface area contributed by atoms with Gasteiger partial charge in [-0.15, -0.1) is 5.10 Å². The number of rotatable bonds is 7. The van der Waals surface area contributed by atoms with Crippen LogP contribution in [0, 0.1) is 5.82 Å². The summed E-state index contributed by atoms with van der Waals surface area (Å²) in [4.78, 5) is 12.4. The molecule has 0 aliphatic carbocycles. The van der Waals surface area contributed by atoms with Crippen molar-refractivity contribution in [2.45, 2.75) is 6.42 Å². The number of hydrogen-bond donors (Lipinski definition) is 3. The average Bonchev–Trinajstić information content (AvgIpc) is 3.04. The van der Waals surface area contributed by atoms with E-state index in [1.807, 2.05) is 0 Å². The topological polar surface area (TPSA) is 101 Å². The van der Waals surface area contributed by atoms with Crippen molar-refractivity contribution in [1.82, 2.24) is 25.1 Å². The van der Waals surface area contributed by atoms with Crippen LogP contribution in [0.25, 0.3) is 0 Å². The first-order valence-corrected chi connectivity index (χ1v) is 7.75. The van der Waals surface area contributed by atoms with Crippen LogP contribution in [-0.4, -0.2) is 38.8 Å². The molecule has 0 saturated heterocycles. The second kappa shape index (κ2) is 7.75. The second-order valence-corrected chi connectivity index (χ2v) is 5.38. The molecule has 0 aromatic carbocycles. The third kappa shape index (κ3) is 4.77. The van der Waals surface area contributed by atoms with E-state index in [9.17, 15) is 4.39 Å². The van der Waals surface area contributed by atoms with Crippen molar-refractivity contribution in [2.75, 3.05) is 24.3 Å². The summed E-state index contributed by atoms with van der Waals surface area (Å²) >= 11 is 6.03. The molecule has 3 aromatic heterocycles. The van der Waals surface area contributed by atoms with Gasteiger partial charge in [0.05, 0.1) is 13.3 Å². The Kier molecular flexibility index (Phi) is 5.24. The molecule has 0 amide bonds. The molecule has 0 aliphatic rings. The Morgan fingerprint density at radius 3 is 2.88 bits per heavy atom. The number of nitrogens with one attached hydrogen (secondary N) is 3. The van der Waals surface area contributed by atoms with Gasteiger partial charge in [0.15, 0.2) is 0 Å². The first-order chi connectivity index (χ1) is 12.1. The lowest BCUT2D eigenvalue weighted by molar-refractivity contribution is 0.397. The number of hydrogen-bond acceptors (Lipinski definition) is 7. The van der Waals surface area contributed by atoms with E-state index in [0.29, 0.717) is 36.4 Å². The van der Waals surface area contributed by atoms with Crippen LogP contribution in [0.15, 0.2) is 30.5 Å². The number of anilines is 3. The summed E-state index contributed by atoms with van der Waals surface area (Å²) in [6.07, 6.45) is 1.78. The molecule has 0 bridgehead atoms. The molecule has 0 atom stereocenters. The van der Waals surface area contributed by atoms with E-state index in [4.69, 9.17) is 16.3 Å². The van der Waals surface area contributed by atoms with Crippen molar-refractivity contribution < 1.29 is 9.13 Å². The van der Waals surface area contributed by atoms with Crippen molar-refractivity contribution in [1.29, 1.82) is 0 Å². The standard InChI is InChI=1S/C15H15ClFN7O/c1-25-14-7-13(23-24-14)21-12-6-11(16)20-15(22-12)18-5-4-10-3-2-9(17)8-19-10/h2-3,6-8H,4-5H2,1H3,(H3,18,20,21,22,23,24).